The van der Waals surface area contributed by atoms with Gasteiger partial charge < -0.3 is 28.4 Å². The smallest absolute Gasteiger partial charge is 0.130 e. The molecule has 4 heterocycles. The Balaban J connectivity index is 1.43. The van der Waals surface area contributed by atoms with E-state index in [1.165, 1.54) is 11.1 Å². The molecule has 0 spiro atoms. The maximum Gasteiger partial charge on any atom is 0.130 e. The summed E-state index contributed by atoms with van der Waals surface area (Å²) < 4.78 is 34.2. The number of hydrogen-bond acceptors (Lipinski definition) is 6. The first-order chi connectivity index (χ1) is 13.8. The van der Waals surface area contributed by atoms with Crippen LogP contribution in [0.1, 0.15) is 11.1 Å². The van der Waals surface area contributed by atoms with Crippen molar-refractivity contribution in [2.45, 2.75) is 37.3 Å². The summed E-state index contributed by atoms with van der Waals surface area (Å²) in [5.74, 6) is 1.86. The zero-order chi connectivity index (χ0) is 18.5. The molecule has 2 aromatic carbocycles. The summed E-state index contributed by atoms with van der Waals surface area (Å²) >= 11 is 0. The van der Waals surface area contributed by atoms with E-state index in [-0.39, 0.29) is 18.3 Å². The van der Waals surface area contributed by atoms with Gasteiger partial charge in [-0.3, -0.25) is 0 Å². The molecule has 0 aliphatic carbocycles. The van der Waals surface area contributed by atoms with Gasteiger partial charge in [0.25, 0.3) is 0 Å². The highest BCUT2D eigenvalue weighted by molar-refractivity contribution is 5.94. The molecular formula is C22H24O6. The van der Waals surface area contributed by atoms with Gasteiger partial charge in [0.2, 0.25) is 0 Å². The van der Waals surface area contributed by atoms with Gasteiger partial charge in [-0.1, -0.05) is 18.2 Å². The molecule has 6 nitrogen and oxygen atoms in total. The Morgan fingerprint density at radius 1 is 0.714 bits per heavy atom. The number of epoxide rings is 4. The first kappa shape index (κ1) is 17.0. The van der Waals surface area contributed by atoms with Crippen LogP contribution in [0.15, 0.2) is 24.3 Å². The molecule has 4 atom stereocenters. The van der Waals surface area contributed by atoms with Gasteiger partial charge in [0.15, 0.2) is 0 Å². The topological polar surface area (TPSA) is 68.6 Å². The molecule has 2 aromatic rings. The van der Waals surface area contributed by atoms with E-state index in [4.69, 9.17) is 28.4 Å². The molecule has 4 saturated heterocycles. The minimum atomic E-state index is 0.210. The maximum absolute atomic E-state index is 6.34. The van der Waals surface area contributed by atoms with E-state index >= 15 is 0 Å². The van der Waals surface area contributed by atoms with Gasteiger partial charge in [0.05, 0.1) is 38.6 Å². The fraction of sp³-hybridized carbons (Fsp3) is 0.545. The Hall–Kier alpha value is -1.86. The Labute approximate surface area is 163 Å². The van der Waals surface area contributed by atoms with Crippen molar-refractivity contribution in [2.75, 3.05) is 39.6 Å². The molecule has 4 aliphatic rings. The second-order valence-corrected chi connectivity index (χ2v) is 8.05. The lowest BCUT2D eigenvalue weighted by Gasteiger charge is -2.19. The Morgan fingerprint density at radius 3 is 2.00 bits per heavy atom. The molecule has 0 saturated carbocycles. The van der Waals surface area contributed by atoms with Crippen LogP contribution in [0.2, 0.25) is 0 Å². The second-order valence-electron chi connectivity index (χ2n) is 8.05. The average Bonchev–Trinajstić information content (AvgIpc) is 3.55. The van der Waals surface area contributed by atoms with E-state index in [0.29, 0.717) is 19.3 Å². The lowest BCUT2D eigenvalue weighted by atomic mass is 9.95. The zero-order valence-corrected chi connectivity index (χ0v) is 15.7. The SMILES string of the molecule is c1cc2ccc(OCC3CO3)c(CC3CO3)c2c(OCC2CO2)c1CC1CO1. The van der Waals surface area contributed by atoms with E-state index in [1.54, 1.807) is 0 Å². The summed E-state index contributed by atoms with van der Waals surface area (Å²) in [5.41, 5.74) is 2.36. The summed E-state index contributed by atoms with van der Waals surface area (Å²) in [4.78, 5) is 0. The third-order valence-corrected chi connectivity index (χ3v) is 5.61. The van der Waals surface area contributed by atoms with Crippen molar-refractivity contribution in [1.82, 2.24) is 0 Å². The summed E-state index contributed by atoms with van der Waals surface area (Å²) in [6, 6.07) is 8.54. The van der Waals surface area contributed by atoms with Crippen LogP contribution in [0.4, 0.5) is 0 Å². The monoisotopic (exact) mass is 384 g/mol. The van der Waals surface area contributed by atoms with Crippen LogP contribution in [0, 0.1) is 0 Å². The second kappa shape index (κ2) is 6.88. The summed E-state index contributed by atoms with van der Waals surface area (Å²) in [5, 5.41) is 2.31. The number of ether oxygens (including phenoxy) is 6. The first-order valence-corrected chi connectivity index (χ1v) is 10.1. The van der Waals surface area contributed by atoms with Gasteiger partial charge in [-0.05, 0) is 17.0 Å². The number of rotatable bonds is 10. The molecule has 4 unspecified atom stereocenters. The number of hydrogen-bond donors (Lipinski definition) is 0. The first-order valence-electron chi connectivity index (χ1n) is 10.1. The molecule has 0 amide bonds. The van der Waals surface area contributed by atoms with Crippen molar-refractivity contribution < 1.29 is 28.4 Å². The van der Waals surface area contributed by atoms with Crippen molar-refractivity contribution in [3.8, 4) is 11.5 Å². The van der Waals surface area contributed by atoms with Crippen molar-refractivity contribution in [3.63, 3.8) is 0 Å². The molecule has 6 rings (SSSR count). The van der Waals surface area contributed by atoms with E-state index in [9.17, 15) is 0 Å². The quantitative estimate of drug-likeness (QED) is 0.586. The predicted molar refractivity (Wildman–Crippen MR) is 101 cm³/mol. The van der Waals surface area contributed by atoms with Crippen LogP contribution in [0.25, 0.3) is 10.8 Å². The summed E-state index contributed by atoms with van der Waals surface area (Å²) in [6.07, 6.45) is 2.71. The Morgan fingerprint density at radius 2 is 1.32 bits per heavy atom. The Kier molecular flexibility index (Phi) is 4.19. The lowest BCUT2D eigenvalue weighted by molar-refractivity contribution is 0.258. The van der Waals surface area contributed by atoms with E-state index < -0.39 is 0 Å². The third-order valence-electron chi connectivity index (χ3n) is 5.61. The highest BCUT2D eigenvalue weighted by atomic mass is 16.6. The number of benzene rings is 2. The maximum atomic E-state index is 6.34. The molecule has 4 fully saturated rings. The highest BCUT2D eigenvalue weighted by Crippen LogP contribution is 2.40. The number of fused-ring (bicyclic) bond motifs is 1. The zero-order valence-electron chi connectivity index (χ0n) is 15.7. The van der Waals surface area contributed by atoms with E-state index in [0.717, 1.165) is 61.5 Å². The van der Waals surface area contributed by atoms with Gasteiger partial charge in [0.1, 0.15) is 36.9 Å². The van der Waals surface area contributed by atoms with Crippen molar-refractivity contribution in [3.05, 3.63) is 35.4 Å². The van der Waals surface area contributed by atoms with Gasteiger partial charge >= 0.3 is 0 Å². The van der Waals surface area contributed by atoms with Crippen LogP contribution in [0.3, 0.4) is 0 Å². The van der Waals surface area contributed by atoms with Gasteiger partial charge in [-0.25, -0.2) is 0 Å². The average molecular weight is 384 g/mol. The predicted octanol–water partition coefficient (Wildman–Crippen LogP) is 2.28. The molecule has 148 valence electrons. The molecule has 0 bridgehead atoms. The lowest BCUT2D eigenvalue weighted by Crippen LogP contribution is -2.10. The normalized spacial score (nSPS) is 29.6. The van der Waals surface area contributed by atoms with E-state index in [1.807, 2.05) is 0 Å². The largest absolute Gasteiger partial charge is 0.490 e. The van der Waals surface area contributed by atoms with E-state index in [2.05, 4.69) is 24.3 Å². The van der Waals surface area contributed by atoms with Gasteiger partial charge in [0, 0.05) is 23.8 Å². The molecule has 28 heavy (non-hydrogen) atoms. The van der Waals surface area contributed by atoms with Crippen LogP contribution >= 0.6 is 0 Å². The third kappa shape index (κ3) is 3.82. The summed E-state index contributed by atoms with van der Waals surface area (Å²) in [7, 11) is 0. The van der Waals surface area contributed by atoms with Gasteiger partial charge in [-0.15, -0.1) is 0 Å². The molecule has 4 aliphatic heterocycles. The van der Waals surface area contributed by atoms with Crippen LogP contribution in [-0.4, -0.2) is 64.1 Å². The van der Waals surface area contributed by atoms with Crippen LogP contribution in [-0.2, 0) is 31.8 Å². The minimum Gasteiger partial charge on any atom is -0.490 e. The minimum absolute atomic E-state index is 0.210. The highest BCUT2D eigenvalue weighted by Gasteiger charge is 2.31. The van der Waals surface area contributed by atoms with Crippen molar-refractivity contribution in [1.29, 1.82) is 0 Å². The van der Waals surface area contributed by atoms with Crippen molar-refractivity contribution in [2.24, 2.45) is 0 Å². The Bertz CT molecular complexity index is 880. The standard InChI is InChI=1S/C22H24O6/c1-2-14(5-15-7-23-15)22(28-12-18-10-26-18)21-13(1)3-4-20(27-11-17-9-25-17)19(21)6-16-8-24-16/h1-4,15-18H,5-12H2. The van der Waals surface area contributed by atoms with Crippen LogP contribution < -0.4 is 9.47 Å². The molecule has 0 radical (unpaired) electrons. The fourth-order valence-electron chi connectivity index (χ4n) is 3.68. The van der Waals surface area contributed by atoms with Crippen molar-refractivity contribution >= 4 is 10.8 Å². The molecule has 6 heteroatoms. The van der Waals surface area contributed by atoms with Gasteiger partial charge in [-0.2, -0.15) is 0 Å². The fourth-order valence-corrected chi connectivity index (χ4v) is 3.68. The summed E-state index contributed by atoms with van der Waals surface area (Å²) in [6.45, 7) is 4.38. The molecular weight excluding hydrogens is 360 g/mol. The molecule has 0 aromatic heterocycles. The molecule has 0 N–H and O–H groups in total. The van der Waals surface area contributed by atoms with Crippen LogP contribution in [0.5, 0.6) is 11.5 Å².